The van der Waals surface area contributed by atoms with Gasteiger partial charge in [-0.05, 0) is 5.56 Å². The highest BCUT2D eigenvalue weighted by atomic mass is 16.5. The first-order valence-electron chi connectivity index (χ1n) is 6.85. The summed E-state index contributed by atoms with van der Waals surface area (Å²) < 4.78 is 4.87. The average molecular weight is 288 g/mol. The minimum atomic E-state index is -0.0446. The van der Waals surface area contributed by atoms with Gasteiger partial charge in [0.15, 0.2) is 0 Å². The molecule has 1 amide bonds. The number of hydrogen-bond acceptors (Lipinski definition) is 4. The van der Waals surface area contributed by atoms with Gasteiger partial charge in [-0.15, -0.1) is 0 Å². The maximum Gasteiger partial charge on any atom is 0.234 e. The van der Waals surface area contributed by atoms with Crippen LogP contribution in [0.5, 0.6) is 0 Å². The molecular formula is C15H20N4O2. The maximum absolute atomic E-state index is 11.5. The van der Waals surface area contributed by atoms with Gasteiger partial charge in [-0.1, -0.05) is 30.3 Å². The van der Waals surface area contributed by atoms with E-state index >= 15 is 0 Å². The lowest BCUT2D eigenvalue weighted by Crippen LogP contribution is -2.35. The van der Waals surface area contributed by atoms with Crippen LogP contribution in [-0.2, 0) is 16.1 Å². The molecule has 0 aliphatic heterocycles. The van der Waals surface area contributed by atoms with Gasteiger partial charge in [0.2, 0.25) is 5.91 Å². The lowest BCUT2D eigenvalue weighted by molar-refractivity contribution is -0.120. The van der Waals surface area contributed by atoms with Crippen LogP contribution in [0.15, 0.2) is 36.5 Å². The van der Waals surface area contributed by atoms with Crippen molar-refractivity contribution < 1.29 is 9.53 Å². The summed E-state index contributed by atoms with van der Waals surface area (Å²) in [5, 5.41) is 12.9. The van der Waals surface area contributed by atoms with Crippen LogP contribution in [0, 0.1) is 0 Å². The number of carbonyl (C=O) groups is 1. The molecule has 3 N–H and O–H groups in total. The highest BCUT2D eigenvalue weighted by molar-refractivity contribution is 5.78. The highest BCUT2D eigenvalue weighted by Gasteiger charge is 2.07. The second kappa shape index (κ2) is 8.18. The number of aromatic nitrogens is 2. The molecule has 0 aliphatic rings. The van der Waals surface area contributed by atoms with Crippen molar-refractivity contribution in [1.82, 2.24) is 20.8 Å². The SMILES string of the molecule is COCCNC(=O)CNCc1cn[nH]c1-c1ccccc1. The Bertz CT molecular complexity index is 554. The number of nitrogens with zero attached hydrogens (tertiary/aromatic N) is 1. The van der Waals surface area contributed by atoms with E-state index in [1.54, 1.807) is 13.3 Å². The van der Waals surface area contributed by atoms with Gasteiger partial charge in [-0.25, -0.2) is 0 Å². The predicted molar refractivity (Wildman–Crippen MR) is 80.6 cm³/mol. The summed E-state index contributed by atoms with van der Waals surface area (Å²) >= 11 is 0. The Balaban J connectivity index is 1.82. The van der Waals surface area contributed by atoms with Crippen LogP contribution in [0.3, 0.4) is 0 Å². The molecule has 21 heavy (non-hydrogen) atoms. The number of aromatic amines is 1. The molecular weight excluding hydrogens is 268 g/mol. The summed E-state index contributed by atoms with van der Waals surface area (Å²) in [7, 11) is 1.61. The molecule has 1 aromatic heterocycles. The van der Waals surface area contributed by atoms with Crippen LogP contribution >= 0.6 is 0 Å². The standard InChI is InChI=1S/C15H20N4O2/c1-21-8-7-17-14(20)11-16-9-13-10-18-19-15(13)12-5-3-2-4-6-12/h2-6,10,16H,7-9,11H2,1H3,(H,17,20)(H,18,19). The molecule has 0 aliphatic carbocycles. The number of benzene rings is 1. The zero-order chi connectivity index (χ0) is 14.9. The zero-order valence-corrected chi connectivity index (χ0v) is 12.1. The molecule has 0 spiro atoms. The predicted octanol–water partition coefficient (Wildman–Crippen LogP) is 0.929. The molecule has 0 saturated heterocycles. The summed E-state index contributed by atoms with van der Waals surface area (Å²) in [6, 6.07) is 9.98. The number of amides is 1. The molecule has 0 atom stereocenters. The van der Waals surface area contributed by atoms with Crippen molar-refractivity contribution in [3.63, 3.8) is 0 Å². The highest BCUT2D eigenvalue weighted by Crippen LogP contribution is 2.20. The first-order valence-corrected chi connectivity index (χ1v) is 6.85. The number of ether oxygens (including phenoxy) is 1. The second-order valence-corrected chi connectivity index (χ2v) is 4.58. The molecule has 0 radical (unpaired) electrons. The second-order valence-electron chi connectivity index (χ2n) is 4.58. The zero-order valence-electron chi connectivity index (χ0n) is 12.1. The van der Waals surface area contributed by atoms with Crippen LogP contribution in [0.1, 0.15) is 5.56 Å². The van der Waals surface area contributed by atoms with Crippen molar-refractivity contribution in [1.29, 1.82) is 0 Å². The molecule has 2 aromatic rings. The largest absolute Gasteiger partial charge is 0.383 e. The van der Waals surface area contributed by atoms with Crippen molar-refractivity contribution >= 4 is 5.91 Å². The first kappa shape index (κ1) is 15.2. The number of H-pyrrole nitrogens is 1. The van der Waals surface area contributed by atoms with Gasteiger partial charge in [-0.2, -0.15) is 5.10 Å². The monoisotopic (exact) mass is 288 g/mol. The summed E-state index contributed by atoms with van der Waals surface area (Å²) in [5.74, 6) is -0.0446. The van der Waals surface area contributed by atoms with Crippen molar-refractivity contribution in [3.8, 4) is 11.3 Å². The lowest BCUT2D eigenvalue weighted by Gasteiger charge is -2.07. The Labute approximate surface area is 123 Å². The van der Waals surface area contributed by atoms with Gasteiger partial charge in [-0.3, -0.25) is 9.89 Å². The Morgan fingerprint density at radius 3 is 2.90 bits per heavy atom. The van der Waals surface area contributed by atoms with Gasteiger partial charge in [0.25, 0.3) is 0 Å². The number of rotatable bonds is 8. The molecule has 0 saturated carbocycles. The lowest BCUT2D eigenvalue weighted by atomic mass is 10.1. The van der Waals surface area contributed by atoms with Gasteiger partial charge >= 0.3 is 0 Å². The van der Waals surface area contributed by atoms with Gasteiger partial charge in [0, 0.05) is 25.8 Å². The van der Waals surface area contributed by atoms with E-state index in [1.165, 1.54) is 0 Å². The van der Waals surface area contributed by atoms with Crippen LogP contribution in [0.2, 0.25) is 0 Å². The fourth-order valence-electron chi connectivity index (χ4n) is 1.97. The summed E-state index contributed by atoms with van der Waals surface area (Å²) in [4.78, 5) is 11.5. The fraction of sp³-hybridized carbons (Fsp3) is 0.333. The van der Waals surface area contributed by atoms with E-state index in [0.29, 0.717) is 19.7 Å². The van der Waals surface area contributed by atoms with Crippen LogP contribution in [0.25, 0.3) is 11.3 Å². The summed E-state index contributed by atoms with van der Waals surface area (Å²) in [5.41, 5.74) is 3.09. The molecule has 1 heterocycles. The van der Waals surface area contributed by atoms with E-state index in [4.69, 9.17) is 4.74 Å². The van der Waals surface area contributed by atoms with Gasteiger partial charge < -0.3 is 15.4 Å². The molecule has 6 nitrogen and oxygen atoms in total. The molecule has 0 unspecified atom stereocenters. The maximum atomic E-state index is 11.5. The van der Waals surface area contributed by atoms with Gasteiger partial charge in [0.05, 0.1) is 25.0 Å². The van der Waals surface area contributed by atoms with E-state index < -0.39 is 0 Å². The van der Waals surface area contributed by atoms with E-state index in [0.717, 1.165) is 16.8 Å². The smallest absolute Gasteiger partial charge is 0.234 e. The number of nitrogens with one attached hydrogen (secondary N) is 3. The molecule has 0 fully saturated rings. The summed E-state index contributed by atoms with van der Waals surface area (Å²) in [6.07, 6.45) is 1.78. The van der Waals surface area contributed by atoms with E-state index in [-0.39, 0.29) is 12.5 Å². The molecule has 0 bridgehead atoms. The van der Waals surface area contributed by atoms with E-state index in [1.807, 2.05) is 30.3 Å². The Hall–Kier alpha value is -2.18. The third-order valence-corrected chi connectivity index (χ3v) is 3.01. The average Bonchev–Trinajstić information content (AvgIpc) is 2.97. The molecule has 6 heteroatoms. The molecule has 2 rings (SSSR count). The van der Waals surface area contributed by atoms with Crippen LogP contribution in [-0.4, -0.2) is 42.9 Å². The Morgan fingerprint density at radius 1 is 1.33 bits per heavy atom. The number of hydrogen-bond donors (Lipinski definition) is 3. The molecule has 112 valence electrons. The third-order valence-electron chi connectivity index (χ3n) is 3.01. The van der Waals surface area contributed by atoms with Crippen molar-refractivity contribution in [3.05, 3.63) is 42.1 Å². The third kappa shape index (κ3) is 4.70. The normalized spacial score (nSPS) is 10.5. The van der Waals surface area contributed by atoms with Crippen LogP contribution < -0.4 is 10.6 Å². The number of carbonyl (C=O) groups excluding carboxylic acids is 1. The first-order chi connectivity index (χ1) is 10.3. The quantitative estimate of drug-likeness (QED) is 0.631. The van der Waals surface area contributed by atoms with Crippen molar-refractivity contribution in [2.75, 3.05) is 26.8 Å². The minimum Gasteiger partial charge on any atom is -0.383 e. The molecule has 1 aromatic carbocycles. The summed E-state index contributed by atoms with van der Waals surface area (Å²) in [6.45, 7) is 1.89. The fourth-order valence-corrected chi connectivity index (χ4v) is 1.97. The van der Waals surface area contributed by atoms with Gasteiger partial charge in [0.1, 0.15) is 0 Å². The number of methoxy groups -OCH3 is 1. The van der Waals surface area contributed by atoms with Crippen LogP contribution in [0.4, 0.5) is 0 Å². The Morgan fingerprint density at radius 2 is 2.14 bits per heavy atom. The Kier molecular flexibility index (Phi) is 5.93. The van der Waals surface area contributed by atoms with Crippen molar-refractivity contribution in [2.24, 2.45) is 0 Å². The van der Waals surface area contributed by atoms with E-state index in [2.05, 4.69) is 20.8 Å². The topological polar surface area (TPSA) is 79.0 Å². The van der Waals surface area contributed by atoms with E-state index in [9.17, 15) is 4.79 Å². The van der Waals surface area contributed by atoms with Crippen molar-refractivity contribution in [2.45, 2.75) is 6.54 Å². The minimum absolute atomic E-state index is 0.0446.